The molecule has 0 saturated carbocycles. The second kappa shape index (κ2) is 5.75. The Morgan fingerprint density at radius 3 is 3.00 bits per heavy atom. The summed E-state index contributed by atoms with van der Waals surface area (Å²) in [5.41, 5.74) is 0. The molecule has 0 bridgehead atoms. The van der Waals surface area contributed by atoms with Crippen LogP contribution in [0.25, 0.3) is 0 Å². The van der Waals surface area contributed by atoms with Crippen LogP contribution < -0.4 is 10.1 Å². The van der Waals surface area contributed by atoms with Gasteiger partial charge in [-0.25, -0.2) is 0 Å². The molecule has 0 spiro atoms. The van der Waals surface area contributed by atoms with Gasteiger partial charge in [0.05, 0.1) is 9.85 Å². The zero-order valence-corrected chi connectivity index (χ0v) is 11.3. The van der Waals surface area contributed by atoms with E-state index >= 15 is 0 Å². The quantitative estimate of drug-likeness (QED) is 0.888. The summed E-state index contributed by atoms with van der Waals surface area (Å²) in [6.07, 6.45) is 0. The van der Waals surface area contributed by atoms with Gasteiger partial charge in [-0.2, -0.15) is 0 Å². The lowest BCUT2D eigenvalue weighted by atomic mass is 10.3. The van der Waals surface area contributed by atoms with Crippen LogP contribution in [0.5, 0.6) is 5.75 Å². The van der Waals surface area contributed by atoms with Crippen molar-refractivity contribution >= 4 is 33.7 Å². The van der Waals surface area contributed by atoms with Crippen LogP contribution in [0.1, 0.15) is 0 Å². The van der Waals surface area contributed by atoms with Crippen molar-refractivity contribution in [3.8, 4) is 5.75 Å². The predicted molar refractivity (Wildman–Crippen MR) is 70.4 cm³/mol. The molecular formula is C11H12BrNO3S. The highest BCUT2D eigenvalue weighted by molar-refractivity contribution is 9.10. The predicted octanol–water partition coefficient (Wildman–Crippen LogP) is 1.94. The highest BCUT2D eigenvalue weighted by Gasteiger charge is 2.29. The van der Waals surface area contributed by atoms with Crippen LogP contribution in [0.3, 0.4) is 0 Å². The average molecular weight is 318 g/mol. The molecule has 1 saturated heterocycles. The van der Waals surface area contributed by atoms with Crippen molar-refractivity contribution in [2.75, 3.05) is 12.4 Å². The van der Waals surface area contributed by atoms with E-state index in [0.29, 0.717) is 12.4 Å². The van der Waals surface area contributed by atoms with Gasteiger partial charge in [-0.15, -0.1) is 11.8 Å². The topological polar surface area (TPSA) is 58.6 Å². The Morgan fingerprint density at radius 2 is 2.35 bits per heavy atom. The molecule has 2 N–H and O–H groups in total. The molecule has 2 atom stereocenters. The number of ether oxygens (including phenoxy) is 1. The molecule has 1 aromatic rings. The first-order valence-electron chi connectivity index (χ1n) is 5.14. The minimum atomic E-state index is -0.805. The van der Waals surface area contributed by atoms with Gasteiger partial charge in [-0.1, -0.05) is 12.1 Å². The number of para-hydroxylation sites is 1. The van der Waals surface area contributed by atoms with Crippen LogP contribution >= 0.6 is 27.7 Å². The zero-order chi connectivity index (χ0) is 12.3. The maximum Gasteiger partial charge on any atom is 0.321 e. The molecular weight excluding hydrogens is 306 g/mol. The Bertz CT molecular complexity index is 415. The third-order valence-corrected chi connectivity index (χ3v) is 4.23. The maximum absolute atomic E-state index is 10.8. The van der Waals surface area contributed by atoms with Crippen LogP contribution in [0, 0.1) is 0 Å². The van der Waals surface area contributed by atoms with Gasteiger partial charge in [0.15, 0.2) is 0 Å². The van der Waals surface area contributed by atoms with Crippen molar-refractivity contribution in [2.45, 2.75) is 11.4 Å². The SMILES string of the molecule is O=C(O)C1CSC(COc2ccccc2Br)N1. The van der Waals surface area contributed by atoms with Crippen molar-refractivity contribution < 1.29 is 14.6 Å². The smallest absolute Gasteiger partial charge is 0.321 e. The van der Waals surface area contributed by atoms with E-state index in [0.717, 1.165) is 10.2 Å². The van der Waals surface area contributed by atoms with E-state index < -0.39 is 12.0 Å². The number of rotatable bonds is 4. The van der Waals surface area contributed by atoms with Crippen molar-refractivity contribution in [2.24, 2.45) is 0 Å². The molecule has 1 aliphatic rings. The first kappa shape index (κ1) is 12.7. The fourth-order valence-corrected chi connectivity index (χ4v) is 2.99. The van der Waals surface area contributed by atoms with Crippen molar-refractivity contribution in [3.05, 3.63) is 28.7 Å². The Morgan fingerprint density at radius 1 is 1.59 bits per heavy atom. The van der Waals surface area contributed by atoms with Crippen LogP contribution in [0.15, 0.2) is 28.7 Å². The molecule has 1 fully saturated rings. The second-order valence-electron chi connectivity index (χ2n) is 3.62. The lowest BCUT2D eigenvalue weighted by Crippen LogP contribution is -2.38. The van der Waals surface area contributed by atoms with Gasteiger partial charge in [0, 0.05) is 5.75 Å². The van der Waals surface area contributed by atoms with Gasteiger partial charge in [0.25, 0.3) is 0 Å². The lowest BCUT2D eigenvalue weighted by Gasteiger charge is -2.13. The number of hydrogen-bond donors (Lipinski definition) is 2. The van der Waals surface area contributed by atoms with Crippen molar-refractivity contribution in [1.82, 2.24) is 5.32 Å². The van der Waals surface area contributed by atoms with Crippen molar-refractivity contribution in [1.29, 1.82) is 0 Å². The van der Waals surface area contributed by atoms with Gasteiger partial charge in [-0.3, -0.25) is 10.1 Å². The molecule has 0 aromatic heterocycles. The minimum Gasteiger partial charge on any atom is -0.490 e. The summed E-state index contributed by atoms with van der Waals surface area (Å²) < 4.78 is 6.53. The first-order valence-corrected chi connectivity index (χ1v) is 6.99. The zero-order valence-electron chi connectivity index (χ0n) is 8.93. The summed E-state index contributed by atoms with van der Waals surface area (Å²) in [7, 11) is 0. The van der Waals surface area contributed by atoms with Gasteiger partial charge >= 0.3 is 5.97 Å². The maximum atomic E-state index is 10.8. The van der Waals surface area contributed by atoms with Gasteiger partial charge in [0.2, 0.25) is 0 Å². The second-order valence-corrected chi connectivity index (χ2v) is 5.71. The van der Waals surface area contributed by atoms with Crippen LogP contribution in [0.4, 0.5) is 0 Å². The highest BCUT2D eigenvalue weighted by Crippen LogP contribution is 2.26. The van der Waals surface area contributed by atoms with Crippen LogP contribution in [-0.2, 0) is 4.79 Å². The lowest BCUT2D eigenvalue weighted by molar-refractivity contribution is -0.138. The van der Waals surface area contributed by atoms with Gasteiger partial charge in [0.1, 0.15) is 18.4 Å². The number of hydrogen-bond acceptors (Lipinski definition) is 4. The molecule has 1 heterocycles. The summed E-state index contributed by atoms with van der Waals surface area (Å²) >= 11 is 4.97. The Balaban J connectivity index is 1.84. The number of aliphatic carboxylic acids is 1. The summed E-state index contributed by atoms with van der Waals surface area (Å²) in [6.45, 7) is 0.455. The third-order valence-electron chi connectivity index (χ3n) is 2.38. The molecule has 0 radical (unpaired) electrons. The summed E-state index contributed by atoms with van der Waals surface area (Å²) in [5, 5.41) is 11.9. The monoisotopic (exact) mass is 317 g/mol. The number of nitrogens with one attached hydrogen (secondary N) is 1. The molecule has 0 amide bonds. The third kappa shape index (κ3) is 3.37. The number of carboxylic acid groups (broad SMARTS) is 1. The number of benzene rings is 1. The Kier molecular flexibility index (Phi) is 4.31. The number of thioether (sulfide) groups is 1. The highest BCUT2D eigenvalue weighted by atomic mass is 79.9. The summed E-state index contributed by atoms with van der Waals surface area (Å²) in [6, 6.07) is 7.13. The number of halogens is 1. The molecule has 1 aromatic carbocycles. The van der Waals surface area contributed by atoms with Crippen LogP contribution in [-0.4, -0.2) is 34.9 Å². The van der Waals surface area contributed by atoms with E-state index in [1.54, 1.807) is 11.8 Å². The van der Waals surface area contributed by atoms with Crippen molar-refractivity contribution in [3.63, 3.8) is 0 Å². The van der Waals surface area contributed by atoms with E-state index in [9.17, 15) is 4.79 Å². The van der Waals surface area contributed by atoms with E-state index in [1.807, 2.05) is 24.3 Å². The normalized spacial score (nSPS) is 23.6. The summed E-state index contributed by atoms with van der Waals surface area (Å²) in [5.74, 6) is 0.550. The van der Waals surface area contributed by atoms with E-state index in [2.05, 4.69) is 21.2 Å². The fourth-order valence-electron chi connectivity index (χ4n) is 1.50. The van der Waals surface area contributed by atoms with E-state index in [-0.39, 0.29) is 5.37 Å². The van der Waals surface area contributed by atoms with Crippen LogP contribution in [0.2, 0.25) is 0 Å². The minimum absolute atomic E-state index is 0.0307. The number of carbonyl (C=O) groups is 1. The molecule has 0 aliphatic carbocycles. The molecule has 6 heteroatoms. The van der Waals surface area contributed by atoms with Gasteiger partial charge in [-0.05, 0) is 28.1 Å². The number of carboxylic acids is 1. The molecule has 2 rings (SSSR count). The average Bonchev–Trinajstić information content (AvgIpc) is 2.77. The molecule has 17 heavy (non-hydrogen) atoms. The summed E-state index contributed by atoms with van der Waals surface area (Å²) in [4.78, 5) is 10.8. The standard InChI is InChI=1S/C11H12BrNO3S/c12-7-3-1-2-4-9(7)16-5-10-13-8(6-17-10)11(14)15/h1-4,8,10,13H,5-6H2,(H,14,15). The Hall–Kier alpha value is -0.720. The van der Waals surface area contributed by atoms with E-state index in [4.69, 9.17) is 9.84 Å². The van der Waals surface area contributed by atoms with Gasteiger partial charge < -0.3 is 9.84 Å². The molecule has 2 unspecified atom stereocenters. The Labute approximate surface area is 112 Å². The molecule has 4 nitrogen and oxygen atoms in total. The fraction of sp³-hybridized carbons (Fsp3) is 0.364. The molecule has 92 valence electrons. The first-order chi connectivity index (χ1) is 8.16. The molecule has 1 aliphatic heterocycles. The van der Waals surface area contributed by atoms with E-state index in [1.165, 1.54) is 0 Å². The largest absolute Gasteiger partial charge is 0.490 e.